The predicted octanol–water partition coefficient (Wildman–Crippen LogP) is 3.33. The molecule has 0 unspecified atom stereocenters. The summed E-state index contributed by atoms with van der Waals surface area (Å²) in [5, 5.41) is 0. The molecular formula is C12H12BrNO2. The van der Waals surface area contributed by atoms with Gasteiger partial charge in [-0.15, -0.1) is 0 Å². The Kier molecular flexibility index (Phi) is 2.21. The molecule has 2 aliphatic rings. The monoisotopic (exact) mass is 281 g/mol. The second kappa shape index (κ2) is 3.48. The van der Waals surface area contributed by atoms with Crippen LogP contribution in [0, 0.1) is 0 Å². The summed E-state index contributed by atoms with van der Waals surface area (Å²) in [6.07, 6.45) is 2.96. The average Bonchev–Trinajstić information content (AvgIpc) is 2.56. The topological polar surface area (TPSA) is 29.5 Å². The van der Waals surface area contributed by atoms with Gasteiger partial charge in [0.25, 0.3) is 0 Å². The summed E-state index contributed by atoms with van der Waals surface area (Å²) in [5.74, 6) is 0. The van der Waals surface area contributed by atoms with Crippen molar-refractivity contribution in [1.82, 2.24) is 0 Å². The maximum Gasteiger partial charge on any atom is 0.415 e. The summed E-state index contributed by atoms with van der Waals surface area (Å²) in [5.41, 5.74) is 0.725. The third kappa shape index (κ3) is 1.52. The summed E-state index contributed by atoms with van der Waals surface area (Å²) >= 11 is 3.41. The third-order valence-electron chi connectivity index (χ3n) is 3.36. The van der Waals surface area contributed by atoms with Crippen LogP contribution in [-0.4, -0.2) is 18.2 Å². The summed E-state index contributed by atoms with van der Waals surface area (Å²) in [6.45, 7) is 0.697. The first-order chi connectivity index (χ1) is 7.69. The highest BCUT2D eigenvalue weighted by Gasteiger charge is 2.49. The fourth-order valence-electron chi connectivity index (χ4n) is 2.30. The molecule has 3 rings (SSSR count). The Morgan fingerprint density at radius 2 is 2.19 bits per heavy atom. The predicted molar refractivity (Wildman–Crippen MR) is 64.6 cm³/mol. The zero-order chi connectivity index (χ0) is 11.2. The number of nitrogens with zero attached hydrogens (tertiary/aromatic N) is 1. The standard InChI is InChI=1S/C12H12BrNO2/c13-9-3-1-4-10(7-9)14-8-12(5-2-6-12)16-11(14)15/h1,3-4,7H,2,5-6,8H2. The van der Waals surface area contributed by atoms with Gasteiger partial charge in [-0.2, -0.15) is 0 Å². The lowest BCUT2D eigenvalue weighted by molar-refractivity contribution is -0.00649. The molecule has 3 nitrogen and oxygen atoms in total. The van der Waals surface area contributed by atoms with Crippen LogP contribution in [0.2, 0.25) is 0 Å². The van der Waals surface area contributed by atoms with Crippen LogP contribution >= 0.6 is 15.9 Å². The van der Waals surface area contributed by atoms with Gasteiger partial charge in [-0.1, -0.05) is 22.0 Å². The molecule has 1 amide bonds. The normalized spacial score (nSPS) is 22.1. The largest absolute Gasteiger partial charge is 0.441 e. The van der Waals surface area contributed by atoms with E-state index in [4.69, 9.17) is 4.74 Å². The van der Waals surface area contributed by atoms with Crippen LogP contribution in [-0.2, 0) is 4.74 Å². The van der Waals surface area contributed by atoms with E-state index in [0.717, 1.165) is 23.0 Å². The molecule has 1 heterocycles. The first kappa shape index (κ1) is 10.1. The Bertz CT molecular complexity index is 442. The third-order valence-corrected chi connectivity index (χ3v) is 3.85. The molecule has 1 saturated heterocycles. The second-order valence-electron chi connectivity index (χ2n) is 4.47. The van der Waals surface area contributed by atoms with Crippen molar-refractivity contribution in [3.05, 3.63) is 28.7 Å². The number of hydrogen-bond donors (Lipinski definition) is 0. The first-order valence-corrected chi connectivity index (χ1v) is 6.24. The number of hydrogen-bond acceptors (Lipinski definition) is 2. The lowest BCUT2D eigenvalue weighted by Gasteiger charge is -2.35. The quantitative estimate of drug-likeness (QED) is 0.790. The van der Waals surface area contributed by atoms with E-state index in [1.54, 1.807) is 4.90 Å². The van der Waals surface area contributed by atoms with Crippen LogP contribution in [0.3, 0.4) is 0 Å². The minimum Gasteiger partial charge on any atom is -0.441 e. The Balaban J connectivity index is 1.88. The molecule has 1 saturated carbocycles. The summed E-state index contributed by atoms with van der Waals surface area (Å²) in [7, 11) is 0. The highest BCUT2D eigenvalue weighted by molar-refractivity contribution is 9.10. The summed E-state index contributed by atoms with van der Waals surface area (Å²) in [6, 6.07) is 7.76. The number of amides is 1. The van der Waals surface area contributed by atoms with Crippen LogP contribution in [0.5, 0.6) is 0 Å². The van der Waals surface area contributed by atoms with Gasteiger partial charge in [0.15, 0.2) is 0 Å². The number of ether oxygens (including phenoxy) is 1. The van der Waals surface area contributed by atoms with Crippen LogP contribution in [0.15, 0.2) is 28.7 Å². The Morgan fingerprint density at radius 3 is 2.75 bits per heavy atom. The van der Waals surface area contributed by atoms with Gasteiger partial charge in [-0.3, -0.25) is 4.90 Å². The molecule has 0 aromatic heterocycles. The van der Waals surface area contributed by atoms with E-state index in [-0.39, 0.29) is 11.7 Å². The number of carbonyl (C=O) groups excluding carboxylic acids is 1. The lowest BCUT2D eigenvalue weighted by Crippen LogP contribution is -2.41. The van der Waals surface area contributed by atoms with Crippen LogP contribution in [0.25, 0.3) is 0 Å². The molecule has 2 fully saturated rings. The zero-order valence-electron chi connectivity index (χ0n) is 8.78. The van der Waals surface area contributed by atoms with E-state index >= 15 is 0 Å². The fraction of sp³-hybridized carbons (Fsp3) is 0.417. The van der Waals surface area contributed by atoms with Crippen molar-refractivity contribution in [3.8, 4) is 0 Å². The van der Waals surface area contributed by atoms with Gasteiger partial charge in [0.2, 0.25) is 0 Å². The van der Waals surface area contributed by atoms with Crippen molar-refractivity contribution in [2.45, 2.75) is 24.9 Å². The molecule has 0 radical (unpaired) electrons. The molecule has 1 spiro atoms. The van der Waals surface area contributed by atoms with Gasteiger partial charge in [-0.05, 0) is 37.5 Å². The van der Waals surface area contributed by atoms with E-state index in [9.17, 15) is 4.79 Å². The molecule has 1 aromatic rings. The van der Waals surface area contributed by atoms with E-state index in [0.29, 0.717) is 6.54 Å². The Labute approximate surface area is 103 Å². The first-order valence-electron chi connectivity index (χ1n) is 5.45. The van der Waals surface area contributed by atoms with Crippen molar-refractivity contribution >= 4 is 27.7 Å². The lowest BCUT2D eigenvalue weighted by atomic mass is 9.80. The molecule has 16 heavy (non-hydrogen) atoms. The second-order valence-corrected chi connectivity index (χ2v) is 5.39. The van der Waals surface area contributed by atoms with Gasteiger partial charge < -0.3 is 4.74 Å². The van der Waals surface area contributed by atoms with Gasteiger partial charge >= 0.3 is 6.09 Å². The van der Waals surface area contributed by atoms with Gasteiger partial charge in [-0.25, -0.2) is 4.79 Å². The SMILES string of the molecule is O=C1OC2(CCC2)CN1c1cccc(Br)c1. The number of anilines is 1. The number of rotatable bonds is 1. The molecule has 4 heteroatoms. The van der Waals surface area contributed by atoms with Gasteiger partial charge in [0, 0.05) is 10.2 Å². The van der Waals surface area contributed by atoms with Crippen molar-refractivity contribution in [3.63, 3.8) is 0 Å². The molecule has 1 aliphatic heterocycles. The Morgan fingerprint density at radius 1 is 1.38 bits per heavy atom. The van der Waals surface area contributed by atoms with E-state index in [1.807, 2.05) is 24.3 Å². The smallest absolute Gasteiger partial charge is 0.415 e. The van der Waals surface area contributed by atoms with E-state index < -0.39 is 0 Å². The summed E-state index contributed by atoms with van der Waals surface area (Å²) < 4.78 is 6.44. The Hall–Kier alpha value is -1.03. The van der Waals surface area contributed by atoms with Crippen molar-refractivity contribution in [2.24, 2.45) is 0 Å². The van der Waals surface area contributed by atoms with Crippen molar-refractivity contribution < 1.29 is 9.53 Å². The molecule has 1 aromatic carbocycles. The number of halogens is 1. The van der Waals surface area contributed by atoms with Gasteiger partial charge in [0.05, 0.1) is 6.54 Å². The zero-order valence-corrected chi connectivity index (χ0v) is 10.4. The van der Waals surface area contributed by atoms with Crippen LogP contribution in [0.4, 0.5) is 10.5 Å². The molecule has 0 atom stereocenters. The van der Waals surface area contributed by atoms with E-state index in [1.165, 1.54) is 6.42 Å². The molecule has 84 valence electrons. The van der Waals surface area contributed by atoms with Crippen LogP contribution in [0.1, 0.15) is 19.3 Å². The molecule has 1 aliphatic carbocycles. The average molecular weight is 282 g/mol. The van der Waals surface area contributed by atoms with Crippen LogP contribution < -0.4 is 4.90 Å². The molecular weight excluding hydrogens is 270 g/mol. The maximum atomic E-state index is 11.8. The molecule has 0 N–H and O–H groups in total. The highest BCUT2D eigenvalue weighted by Crippen LogP contribution is 2.42. The minimum absolute atomic E-state index is 0.181. The molecule has 0 bridgehead atoms. The number of benzene rings is 1. The van der Waals surface area contributed by atoms with Crippen molar-refractivity contribution in [2.75, 3.05) is 11.4 Å². The van der Waals surface area contributed by atoms with Crippen molar-refractivity contribution in [1.29, 1.82) is 0 Å². The maximum absolute atomic E-state index is 11.8. The number of carbonyl (C=O) groups is 1. The minimum atomic E-state index is -0.210. The fourth-order valence-corrected chi connectivity index (χ4v) is 2.68. The van der Waals surface area contributed by atoms with Gasteiger partial charge in [0.1, 0.15) is 5.60 Å². The summed E-state index contributed by atoms with van der Waals surface area (Å²) in [4.78, 5) is 13.5. The van der Waals surface area contributed by atoms with E-state index in [2.05, 4.69) is 15.9 Å². The highest BCUT2D eigenvalue weighted by atomic mass is 79.9.